The minimum absolute atomic E-state index is 0.0635. The zero-order valence-electron chi connectivity index (χ0n) is 20.2. The highest BCUT2D eigenvalue weighted by Crippen LogP contribution is 2.31. The molecule has 6 rings (SSSR count). The third-order valence-corrected chi connectivity index (χ3v) is 6.16. The molecule has 0 aliphatic rings. The number of nitrogens with zero attached hydrogens (tertiary/aromatic N) is 5. The highest BCUT2D eigenvalue weighted by molar-refractivity contribution is 5.92. The van der Waals surface area contributed by atoms with Crippen molar-refractivity contribution >= 4 is 22.6 Å². The fraction of sp³-hybridized carbons (Fsp3) is 0.0357. The Balaban J connectivity index is 1.42. The van der Waals surface area contributed by atoms with Crippen LogP contribution in [-0.4, -0.2) is 35.2 Å². The number of carbonyl (C=O) groups excluding carboxylic acids is 1. The Kier molecular flexibility index (Phi) is 6.00. The van der Waals surface area contributed by atoms with Crippen molar-refractivity contribution in [1.82, 2.24) is 29.3 Å². The standard InChI is InChI=1S/C28H19F2N7O2/c29-20-3-4-23(24(30)10-20)19-7-21(35-28(39)13-36-15-31-14-34-36)11-22(8-19)37-16-33-25-9-17(1-5-26(25)37)18-2-6-27(38)32-12-18/h1-12,14-16H,13H2,(H,32,38)(H,35,39). The van der Waals surface area contributed by atoms with Crippen molar-refractivity contribution in [3.05, 3.63) is 114 Å². The van der Waals surface area contributed by atoms with Gasteiger partial charge in [0.15, 0.2) is 0 Å². The number of aromatic amines is 1. The molecule has 9 nitrogen and oxygen atoms in total. The lowest BCUT2D eigenvalue weighted by molar-refractivity contribution is -0.116. The molecule has 0 radical (unpaired) electrons. The van der Waals surface area contributed by atoms with Crippen LogP contribution in [0.4, 0.5) is 14.5 Å². The summed E-state index contributed by atoms with van der Waals surface area (Å²) in [7, 11) is 0. The van der Waals surface area contributed by atoms with Crippen LogP contribution in [-0.2, 0) is 11.3 Å². The van der Waals surface area contributed by atoms with Crippen molar-refractivity contribution in [2.24, 2.45) is 0 Å². The van der Waals surface area contributed by atoms with Crippen LogP contribution in [0.1, 0.15) is 0 Å². The van der Waals surface area contributed by atoms with Gasteiger partial charge in [0.2, 0.25) is 11.5 Å². The largest absolute Gasteiger partial charge is 0.328 e. The topological polar surface area (TPSA) is 110 Å². The zero-order chi connectivity index (χ0) is 26.9. The second-order valence-electron chi connectivity index (χ2n) is 8.79. The van der Waals surface area contributed by atoms with Gasteiger partial charge in [-0.2, -0.15) is 5.10 Å². The van der Waals surface area contributed by atoms with Crippen molar-refractivity contribution < 1.29 is 13.6 Å². The Hall–Kier alpha value is -5.45. The third-order valence-electron chi connectivity index (χ3n) is 6.16. The average molecular weight is 524 g/mol. The summed E-state index contributed by atoms with van der Waals surface area (Å²) >= 11 is 0. The number of imidazole rings is 1. The maximum Gasteiger partial charge on any atom is 0.247 e. The van der Waals surface area contributed by atoms with Crippen molar-refractivity contribution in [2.45, 2.75) is 6.54 Å². The van der Waals surface area contributed by atoms with Crippen LogP contribution in [0.5, 0.6) is 0 Å². The van der Waals surface area contributed by atoms with E-state index in [0.717, 1.165) is 22.7 Å². The summed E-state index contributed by atoms with van der Waals surface area (Å²) in [6, 6.07) is 17.3. The molecule has 0 saturated carbocycles. The summed E-state index contributed by atoms with van der Waals surface area (Å²) in [5.41, 5.74) is 4.58. The first-order valence-corrected chi connectivity index (χ1v) is 11.8. The Morgan fingerprint density at radius 3 is 2.56 bits per heavy atom. The van der Waals surface area contributed by atoms with E-state index >= 15 is 0 Å². The lowest BCUT2D eigenvalue weighted by Gasteiger charge is -2.13. The lowest BCUT2D eigenvalue weighted by Crippen LogP contribution is -2.19. The number of H-pyrrole nitrogens is 1. The van der Waals surface area contributed by atoms with Gasteiger partial charge < -0.3 is 10.3 Å². The normalized spacial score (nSPS) is 11.1. The lowest BCUT2D eigenvalue weighted by atomic mass is 10.0. The van der Waals surface area contributed by atoms with E-state index in [9.17, 15) is 18.4 Å². The summed E-state index contributed by atoms with van der Waals surface area (Å²) in [6.45, 7) is -0.0635. The predicted molar refractivity (Wildman–Crippen MR) is 141 cm³/mol. The minimum Gasteiger partial charge on any atom is -0.328 e. The molecule has 11 heteroatoms. The summed E-state index contributed by atoms with van der Waals surface area (Å²) in [5.74, 6) is -1.77. The molecular formula is C28H19F2N7O2. The van der Waals surface area contributed by atoms with Crippen molar-refractivity contribution in [2.75, 3.05) is 5.32 Å². The van der Waals surface area contributed by atoms with Crippen LogP contribution in [0.25, 0.3) is 39.0 Å². The zero-order valence-corrected chi connectivity index (χ0v) is 20.2. The maximum absolute atomic E-state index is 14.8. The SMILES string of the molecule is O=C(Cn1cncn1)Nc1cc(-c2ccc(F)cc2F)cc(-n2cnc3cc(-c4ccc(=O)[nH]c4)ccc32)c1. The molecule has 0 unspecified atom stereocenters. The first kappa shape index (κ1) is 23.9. The molecule has 0 spiro atoms. The summed E-state index contributed by atoms with van der Waals surface area (Å²) in [5, 5.41) is 6.76. The number of hydrogen-bond donors (Lipinski definition) is 2. The van der Waals surface area contributed by atoms with Gasteiger partial charge in [-0.25, -0.2) is 23.4 Å². The van der Waals surface area contributed by atoms with Gasteiger partial charge in [-0.05, 0) is 65.2 Å². The van der Waals surface area contributed by atoms with Gasteiger partial charge in [0.1, 0.15) is 37.2 Å². The number of amides is 1. The van der Waals surface area contributed by atoms with Gasteiger partial charge in [-0.1, -0.05) is 6.07 Å². The number of halogens is 2. The second kappa shape index (κ2) is 9.78. The van der Waals surface area contributed by atoms with Crippen molar-refractivity contribution in [3.63, 3.8) is 0 Å². The molecule has 6 aromatic rings. The van der Waals surface area contributed by atoms with Crippen molar-refractivity contribution in [3.8, 4) is 27.9 Å². The number of anilines is 1. The number of pyridine rings is 1. The van der Waals surface area contributed by atoms with Gasteiger partial charge in [0.25, 0.3) is 0 Å². The Bertz CT molecular complexity index is 1870. The number of carbonyl (C=O) groups is 1. The number of fused-ring (bicyclic) bond motifs is 1. The molecule has 0 bridgehead atoms. The monoisotopic (exact) mass is 523 g/mol. The minimum atomic E-state index is -0.729. The van der Waals surface area contributed by atoms with Crippen LogP contribution >= 0.6 is 0 Å². The number of nitrogens with one attached hydrogen (secondary N) is 2. The van der Waals surface area contributed by atoms with E-state index in [1.807, 2.05) is 22.8 Å². The highest BCUT2D eigenvalue weighted by atomic mass is 19.1. The number of hydrogen-bond acceptors (Lipinski definition) is 5. The van der Waals surface area contributed by atoms with Gasteiger partial charge >= 0.3 is 0 Å². The van der Waals surface area contributed by atoms with Gasteiger partial charge in [-0.3, -0.25) is 14.2 Å². The van der Waals surface area contributed by atoms with E-state index in [-0.39, 0.29) is 23.6 Å². The second-order valence-corrected chi connectivity index (χ2v) is 8.79. The Labute approximate surface area is 219 Å². The van der Waals surface area contributed by atoms with Crippen LogP contribution in [0.2, 0.25) is 0 Å². The van der Waals surface area contributed by atoms with Crippen LogP contribution in [0, 0.1) is 11.6 Å². The van der Waals surface area contributed by atoms with E-state index in [1.54, 1.807) is 36.8 Å². The number of rotatable bonds is 6. The van der Waals surface area contributed by atoms with Crippen LogP contribution < -0.4 is 10.9 Å². The molecule has 3 aromatic carbocycles. The van der Waals surface area contributed by atoms with Gasteiger partial charge in [0, 0.05) is 35.3 Å². The molecule has 2 N–H and O–H groups in total. The van der Waals surface area contributed by atoms with Crippen molar-refractivity contribution in [1.29, 1.82) is 0 Å². The molecule has 0 aliphatic heterocycles. The Morgan fingerprint density at radius 1 is 0.923 bits per heavy atom. The van der Waals surface area contributed by atoms with Crippen LogP contribution in [0.15, 0.2) is 96.7 Å². The van der Waals surface area contributed by atoms with E-state index in [4.69, 9.17) is 0 Å². The molecule has 0 atom stereocenters. The molecule has 39 heavy (non-hydrogen) atoms. The molecule has 192 valence electrons. The van der Waals surface area contributed by atoms with Gasteiger partial charge in [-0.15, -0.1) is 0 Å². The molecule has 3 aromatic heterocycles. The van der Waals surface area contributed by atoms with E-state index in [1.165, 1.54) is 35.5 Å². The molecule has 1 amide bonds. The third kappa shape index (κ3) is 4.92. The smallest absolute Gasteiger partial charge is 0.247 e. The first-order valence-electron chi connectivity index (χ1n) is 11.8. The predicted octanol–water partition coefficient (Wildman–Crippen LogP) is 4.56. The Morgan fingerprint density at radius 2 is 1.79 bits per heavy atom. The molecule has 0 aliphatic carbocycles. The summed E-state index contributed by atoms with van der Waals surface area (Å²) in [4.78, 5) is 35.1. The molecule has 0 saturated heterocycles. The average Bonchev–Trinajstić information content (AvgIpc) is 3.58. The number of aromatic nitrogens is 6. The fourth-order valence-corrected chi connectivity index (χ4v) is 4.35. The quantitative estimate of drug-likeness (QED) is 0.333. The fourth-order valence-electron chi connectivity index (χ4n) is 4.35. The first-order chi connectivity index (χ1) is 18.9. The number of benzene rings is 3. The molecular weight excluding hydrogens is 504 g/mol. The maximum atomic E-state index is 14.8. The van der Waals surface area contributed by atoms with Crippen LogP contribution in [0.3, 0.4) is 0 Å². The van der Waals surface area contributed by atoms with Gasteiger partial charge in [0.05, 0.1) is 11.0 Å². The highest BCUT2D eigenvalue weighted by Gasteiger charge is 2.14. The summed E-state index contributed by atoms with van der Waals surface area (Å²) in [6.07, 6.45) is 6.02. The summed E-state index contributed by atoms with van der Waals surface area (Å²) < 4.78 is 31.5. The van der Waals surface area contributed by atoms with E-state index in [2.05, 4.69) is 25.4 Å². The molecule has 3 heterocycles. The molecule has 0 fully saturated rings. The van der Waals surface area contributed by atoms with E-state index in [0.29, 0.717) is 22.5 Å². The van der Waals surface area contributed by atoms with E-state index < -0.39 is 11.6 Å².